The van der Waals surface area contributed by atoms with E-state index in [1.54, 1.807) is 0 Å². The lowest BCUT2D eigenvalue weighted by molar-refractivity contribution is 0.263. The van der Waals surface area contributed by atoms with Crippen molar-refractivity contribution in [1.82, 2.24) is 0 Å². The van der Waals surface area contributed by atoms with Crippen LogP contribution in [0.15, 0.2) is 24.3 Å². The Hall–Kier alpha value is -4.50. The molecule has 0 aromatic heterocycles. The van der Waals surface area contributed by atoms with Crippen LogP contribution in [0.2, 0.25) is 0 Å². The van der Waals surface area contributed by atoms with E-state index in [1.807, 2.05) is 0 Å². The number of benzene rings is 6. The first kappa shape index (κ1) is 31.5. The second-order valence-corrected chi connectivity index (χ2v) is 11.2. The van der Waals surface area contributed by atoms with Crippen LogP contribution in [0.3, 0.4) is 0 Å². The summed E-state index contributed by atoms with van der Waals surface area (Å²) in [5.74, 6) is -1.73. The van der Waals surface area contributed by atoms with Gasteiger partial charge in [-0.3, -0.25) is 0 Å². The van der Waals surface area contributed by atoms with Crippen molar-refractivity contribution >= 4 is 53.9 Å². The summed E-state index contributed by atoms with van der Waals surface area (Å²) < 4.78 is 0. The van der Waals surface area contributed by atoms with E-state index < -0.39 is 75.9 Å². The summed E-state index contributed by atoms with van der Waals surface area (Å²) in [4.78, 5) is 0. The van der Waals surface area contributed by atoms with E-state index in [9.17, 15) is 61.3 Å². The van der Waals surface area contributed by atoms with Crippen LogP contribution in [0.25, 0.3) is 53.9 Å². The first-order valence-electron chi connectivity index (χ1n) is 14.3. The van der Waals surface area contributed by atoms with Crippen molar-refractivity contribution < 1.29 is 61.3 Å². The maximum atomic E-state index is 11.1. The summed E-state index contributed by atoms with van der Waals surface area (Å²) in [5.41, 5.74) is -0.102. The first-order chi connectivity index (χ1) is 22.2. The molecule has 0 spiro atoms. The molecule has 0 aliphatic heterocycles. The van der Waals surface area contributed by atoms with Crippen molar-refractivity contribution in [1.29, 1.82) is 0 Å². The predicted octanol–water partition coefficient (Wildman–Crippen LogP) is 2.21. The first-order valence-corrected chi connectivity index (χ1v) is 14.3. The Morgan fingerprint density at radius 3 is 0.630 bits per heavy atom. The van der Waals surface area contributed by atoms with Crippen molar-refractivity contribution in [2.75, 3.05) is 0 Å². The van der Waals surface area contributed by atoms with Gasteiger partial charge in [0, 0.05) is 44.5 Å². The zero-order valence-corrected chi connectivity index (χ0v) is 24.3. The van der Waals surface area contributed by atoms with Gasteiger partial charge in [0.1, 0.15) is 23.0 Å². The molecule has 0 radical (unpaired) electrons. The smallest absolute Gasteiger partial charge is 0.127 e. The maximum absolute atomic E-state index is 11.1. The number of fused-ring (bicyclic) bond motifs is 11. The summed E-state index contributed by atoms with van der Waals surface area (Å²) in [7, 11) is 0. The molecule has 0 atom stereocenters. The lowest BCUT2D eigenvalue weighted by Crippen LogP contribution is -2.03. The largest absolute Gasteiger partial charge is 0.507 e. The highest BCUT2D eigenvalue weighted by atomic mass is 16.3. The minimum absolute atomic E-state index is 0.0218. The van der Waals surface area contributed by atoms with Gasteiger partial charge in [-0.1, -0.05) is 0 Å². The van der Waals surface area contributed by atoms with E-state index in [1.165, 1.54) is 24.3 Å². The zero-order chi connectivity index (χ0) is 33.2. The standard InChI is InChI=1S/C34H32O12/c35-5-13-1-17-25-18-2-14(6-36)33(45)23(11-41)29(18)30-20(4-16(8-38)34(46)24(30)12-42)26(25)19-3-15(7-37)32(44)22(10-40)28(19)27(17)21(9-39)31(13)43/h1-4,35-46H,5-12H2. The van der Waals surface area contributed by atoms with Crippen LogP contribution in [0.5, 0.6) is 23.0 Å². The molecule has 12 nitrogen and oxygen atoms in total. The summed E-state index contributed by atoms with van der Waals surface area (Å²) in [5, 5.41) is 130. The second kappa shape index (κ2) is 11.7. The van der Waals surface area contributed by atoms with Crippen LogP contribution >= 0.6 is 0 Å². The molecule has 0 saturated carbocycles. The zero-order valence-electron chi connectivity index (χ0n) is 24.3. The van der Waals surface area contributed by atoms with Gasteiger partial charge in [-0.15, -0.1) is 0 Å². The highest BCUT2D eigenvalue weighted by Crippen LogP contribution is 2.52. The fourth-order valence-electron chi connectivity index (χ4n) is 7.02. The van der Waals surface area contributed by atoms with Gasteiger partial charge in [-0.2, -0.15) is 0 Å². The average Bonchev–Trinajstić information content (AvgIpc) is 3.06. The van der Waals surface area contributed by atoms with Crippen molar-refractivity contribution in [3.8, 4) is 23.0 Å². The van der Waals surface area contributed by atoms with E-state index in [2.05, 4.69) is 0 Å². The summed E-state index contributed by atoms with van der Waals surface area (Å²) in [6.07, 6.45) is 0. The fraction of sp³-hybridized carbons (Fsp3) is 0.235. The van der Waals surface area contributed by atoms with E-state index in [0.29, 0.717) is 10.8 Å². The molecule has 0 aliphatic carbocycles. The molecule has 0 fully saturated rings. The monoisotopic (exact) mass is 632 g/mol. The van der Waals surface area contributed by atoms with Crippen LogP contribution in [-0.4, -0.2) is 61.3 Å². The third kappa shape index (κ3) is 4.10. The van der Waals surface area contributed by atoms with E-state index >= 15 is 0 Å². The third-order valence-electron chi connectivity index (χ3n) is 9.06. The number of aliphatic hydroxyl groups excluding tert-OH is 8. The molecule has 6 aromatic rings. The van der Waals surface area contributed by atoms with Crippen LogP contribution in [0.1, 0.15) is 44.5 Å². The van der Waals surface area contributed by atoms with Gasteiger partial charge < -0.3 is 61.3 Å². The molecule has 0 aliphatic rings. The molecule has 6 aromatic carbocycles. The molecule has 6 rings (SSSR count). The number of rotatable bonds is 8. The Balaban J connectivity index is 2.20. The van der Waals surface area contributed by atoms with Crippen molar-refractivity contribution in [3.63, 3.8) is 0 Å². The molecule has 46 heavy (non-hydrogen) atoms. The fourth-order valence-corrected chi connectivity index (χ4v) is 7.02. The minimum Gasteiger partial charge on any atom is -0.507 e. The molecule has 0 unspecified atom stereocenters. The minimum atomic E-state index is -0.739. The summed E-state index contributed by atoms with van der Waals surface area (Å²) in [6.45, 7) is -5.55. The second-order valence-electron chi connectivity index (χ2n) is 11.2. The van der Waals surface area contributed by atoms with Gasteiger partial charge in [0.15, 0.2) is 0 Å². The topological polar surface area (TPSA) is 243 Å². The Morgan fingerprint density at radius 2 is 0.478 bits per heavy atom. The molecule has 240 valence electrons. The van der Waals surface area contributed by atoms with Crippen LogP contribution in [0.4, 0.5) is 0 Å². The number of hydrogen-bond acceptors (Lipinski definition) is 12. The lowest BCUT2D eigenvalue weighted by Gasteiger charge is -2.24. The van der Waals surface area contributed by atoms with Crippen LogP contribution < -0.4 is 0 Å². The SMILES string of the molecule is OCc1cc2c(c(CO)c1O)c1c(CO)c(O)c(CO)cc1c1c3cc(CO)c(O)c(CO)c3c3c(CO)c(O)c(CO)cc3c21. The van der Waals surface area contributed by atoms with Gasteiger partial charge in [0.2, 0.25) is 0 Å². The van der Waals surface area contributed by atoms with Crippen molar-refractivity contribution in [2.45, 2.75) is 52.9 Å². The van der Waals surface area contributed by atoms with E-state index in [4.69, 9.17) is 0 Å². The van der Waals surface area contributed by atoms with E-state index in [-0.39, 0.29) is 87.6 Å². The van der Waals surface area contributed by atoms with Crippen LogP contribution in [-0.2, 0) is 52.9 Å². The summed E-state index contributed by atoms with van der Waals surface area (Å²) >= 11 is 0. The Kier molecular flexibility index (Phi) is 8.01. The number of aromatic hydroxyl groups is 4. The maximum Gasteiger partial charge on any atom is 0.127 e. The molecule has 0 heterocycles. The van der Waals surface area contributed by atoms with E-state index in [0.717, 1.165) is 0 Å². The van der Waals surface area contributed by atoms with Crippen molar-refractivity contribution in [2.24, 2.45) is 0 Å². The Morgan fingerprint density at radius 1 is 0.283 bits per heavy atom. The van der Waals surface area contributed by atoms with Gasteiger partial charge >= 0.3 is 0 Å². The van der Waals surface area contributed by atoms with Gasteiger partial charge in [0.25, 0.3) is 0 Å². The van der Waals surface area contributed by atoms with Crippen LogP contribution in [0, 0.1) is 0 Å². The van der Waals surface area contributed by atoms with Gasteiger partial charge in [-0.25, -0.2) is 0 Å². The lowest BCUT2D eigenvalue weighted by atomic mass is 9.80. The Bertz CT molecular complexity index is 1930. The molecule has 0 saturated heterocycles. The molecule has 0 bridgehead atoms. The van der Waals surface area contributed by atoms with Gasteiger partial charge in [-0.05, 0) is 78.1 Å². The Labute approximate surface area is 259 Å². The molecular weight excluding hydrogens is 600 g/mol. The molecule has 0 amide bonds. The highest BCUT2D eigenvalue weighted by Gasteiger charge is 2.28. The molecule has 12 N–H and O–H groups in total. The molecular formula is C34H32O12. The third-order valence-corrected chi connectivity index (χ3v) is 9.06. The molecule has 12 heteroatoms. The quantitative estimate of drug-likeness (QED) is 0.108. The summed E-state index contributed by atoms with van der Waals surface area (Å²) in [6, 6.07) is 5.83. The number of hydrogen-bond donors (Lipinski definition) is 12. The normalized spacial score (nSPS) is 12.1. The number of aliphatic hydroxyl groups is 8. The highest BCUT2D eigenvalue weighted by molar-refractivity contribution is 6.41. The van der Waals surface area contributed by atoms with Crippen molar-refractivity contribution in [3.05, 3.63) is 68.8 Å². The van der Waals surface area contributed by atoms with Gasteiger partial charge in [0.05, 0.1) is 52.9 Å². The predicted molar refractivity (Wildman–Crippen MR) is 168 cm³/mol. The number of phenols is 4. The average molecular weight is 633 g/mol.